The molecule has 2 unspecified atom stereocenters. The summed E-state index contributed by atoms with van der Waals surface area (Å²) in [4.78, 5) is 10.3. The van der Waals surface area contributed by atoms with Crippen molar-refractivity contribution in [2.45, 2.75) is 44.6 Å². The van der Waals surface area contributed by atoms with Crippen molar-refractivity contribution in [2.24, 2.45) is 0 Å². The number of carboxylic acids is 1. The summed E-state index contributed by atoms with van der Waals surface area (Å²) in [5.41, 5.74) is -2.69. The van der Waals surface area contributed by atoms with E-state index in [1.54, 1.807) is 13.8 Å². The van der Waals surface area contributed by atoms with E-state index in [4.69, 9.17) is 9.84 Å². The molecule has 0 aromatic carbocycles. The highest BCUT2D eigenvalue weighted by Gasteiger charge is 2.42. The van der Waals surface area contributed by atoms with Crippen LogP contribution in [0.3, 0.4) is 0 Å². The van der Waals surface area contributed by atoms with E-state index in [1.165, 1.54) is 7.11 Å². The zero-order valence-electron chi connectivity index (χ0n) is 8.87. The number of methoxy groups -OCH3 is 1. The summed E-state index contributed by atoms with van der Waals surface area (Å²) in [6, 6.07) is 0. The van der Waals surface area contributed by atoms with E-state index in [0.29, 0.717) is 0 Å². The van der Waals surface area contributed by atoms with Gasteiger partial charge in [0.2, 0.25) is 6.17 Å². The lowest BCUT2D eigenvalue weighted by Crippen LogP contribution is -2.47. The van der Waals surface area contributed by atoms with Crippen molar-refractivity contribution in [1.82, 2.24) is 0 Å². The Hall–Kier alpha value is -0.680. The van der Waals surface area contributed by atoms with E-state index in [9.17, 15) is 14.3 Å². The number of carboxylic acid groups (broad SMARTS) is 1. The van der Waals surface area contributed by atoms with Crippen LogP contribution in [0.25, 0.3) is 0 Å². The van der Waals surface area contributed by atoms with E-state index in [1.807, 2.05) is 0 Å². The molecule has 0 fully saturated rings. The topological polar surface area (TPSA) is 66.8 Å². The molecule has 0 aromatic rings. The molecule has 0 radical (unpaired) electrons. The Morgan fingerprint density at radius 2 is 1.93 bits per heavy atom. The summed E-state index contributed by atoms with van der Waals surface area (Å²) in [6.45, 7) is 4.44. The number of aliphatic hydroxyl groups is 1. The van der Waals surface area contributed by atoms with Gasteiger partial charge in [-0.15, -0.1) is 0 Å². The molecular formula is C9H17FO4. The lowest BCUT2D eigenvalue weighted by Gasteiger charge is -2.33. The first-order valence-corrected chi connectivity index (χ1v) is 4.27. The van der Waals surface area contributed by atoms with Crippen molar-refractivity contribution in [3.63, 3.8) is 0 Å². The molecule has 0 amide bonds. The minimum Gasteiger partial charge on any atom is -0.479 e. The van der Waals surface area contributed by atoms with Crippen LogP contribution in [0, 0.1) is 0 Å². The van der Waals surface area contributed by atoms with E-state index in [0.717, 1.165) is 6.92 Å². The van der Waals surface area contributed by atoms with Gasteiger partial charge in [-0.3, -0.25) is 0 Å². The molecule has 0 saturated carbocycles. The summed E-state index contributed by atoms with van der Waals surface area (Å²) >= 11 is 0. The molecule has 0 aliphatic rings. The molecule has 2 atom stereocenters. The number of carbonyl (C=O) groups is 1. The fraction of sp³-hybridized carbons (Fsp3) is 0.889. The van der Waals surface area contributed by atoms with Crippen molar-refractivity contribution in [3.8, 4) is 0 Å². The highest BCUT2D eigenvalue weighted by Crippen LogP contribution is 2.27. The van der Waals surface area contributed by atoms with Gasteiger partial charge in [0.15, 0.2) is 0 Å². The predicted octanol–water partition coefficient (Wildman–Crippen LogP) is 0.975. The lowest BCUT2D eigenvalue weighted by molar-refractivity contribution is -0.158. The third kappa shape index (κ3) is 3.59. The Labute approximate surface area is 82.7 Å². The second-order valence-corrected chi connectivity index (χ2v) is 4.20. The van der Waals surface area contributed by atoms with Crippen LogP contribution in [0.2, 0.25) is 0 Å². The molecule has 0 spiro atoms. The second kappa shape index (κ2) is 4.23. The SMILES string of the molecule is COC(C)(C)CC(C)(O)C(F)C(=O)O. The highest BCUT2D eigenvalue weighted by molar-refractivity contribution is 5.73. The first kappa shape index (κ1) is 13.3. The highest BCUT2D eigenvalue weighted by atomic mass is 19.1. The van der Waals surface area contributed by atoms with Crippen LogP contribution >= 0.6 is 0 Å². The maximum atomic E-state index is 13.1. The van der Waals surface area contributed by atoms with Crippen LogP contribution in [0.5, 0.6) is 0 Å². The van der Waals surface area contributed by atoms with Gasteiger partial charge in [0.25, 0.3) is 0 Å². The van der Waals surface area contributed by atoms with Gasteiger partial charge in [-0.2, -0.15) is 0 Å². The van der Waals surface area contributed by atoms with E-state index in [2.05, 4.69) is 0 Å². The van der Waals surface area contributed by atoms with Gasteiger partial charge in [0.1, 0.15) is 5.60 Å². The molecule has 0 aliphatic carbocycles. The van der Waals surface area contributed by atoms with Crippen LogP contribution in [-0.4, -0.2) is 40.7 Å². The molecule has 5 heteroatoms. The van der Waals surface area contributed by atoms with Crippen molar-refractivity contribution < 1.29 is 24.1 Å². The molecule has 0 aromatic heterocycles. The van der Waals surface area contributed by atoms with Crippen LogP contribution in [0.4, 0.5) is 4.39 Å². The molecule has 2 N–H and O–H groups in total. The molecule has 0 rings (SSSR count). The lowest BCUT2D eigenvalue weighted by atomic mass is 9.87. The molecule has 0 saturated heterocycles. The number of rotatable bonds is 5. The molecule has 84 valence electrons. The van der Waals surface area contributed by atoms with Gasteiger partial charge < -0.3 is 14.9 Å². The summed E-state index contributed by atoms with van der Waals surface area (Å²) < 4.78 is 18.0. The molecule has 0 bridgehead atoms. The maximum Gasteiger partial charge on any atom is 0.341 e. The quantitative estimate of drug-likeness (QED) is 0.706. The molecule has 0 aliphatic heterocycles. The zero-order chi connectivity index (χ0) is 11.6. The van der Waals surface area contributed by atoms with Crippen molar-refractivity contribution >= 4 is 5.97 Å². The summed E-state index contributed by atoms with van der Waals surface area (Å²) in [7, 11) is 1.42. The summed E-state index contributed by atoms with van der Waals surface area (Å²) in [6.07, 6.45) is -2.40. The van der Waals surface area contributed by atoms with Crippen LogP contribution in [0.1, 0.15) is 27.2 Å². The van der Waals surface area contributed by atoms with Crippen LogP contribution in [0.15, 0.2) is 0 Å². The standard InChI is InChI=1S/C9H17FO4/c1-8(2,14-4)5-9(3,13)6(10)7(11)12/h6,13H,5H2,1-4H3,(H,11,12). The zero-order valence-corrected chi connectivity index (χ0v) is 8.87. The second-order valence-electron chi connectivity index (χ2n) is 4.20. The average molecular weight is 208 g/mol. The minimum absolute atomic E-state index is 0.0933. The molecule has 4 nitrogen and oxygen atoms in total. The first-order valence-electron chi connectivity index (χ1n) is 4.27. The number of ether oxygens (including phenoxy) is 1. The fourth-order valence-electron chi connectivity index (χ4n) is 1.29. The summed E-state index contributed by atoms with van der Waals surface area (Å²) in [5.74, 6) is -1.66. The number of halogens is 1. The molecule has 14 heavy (non-hydrogen) atoms. The third-order valence-corrected chi connectivity index (χ3v) is 2.10. The first-order chi connectivity index (χ1) is 6.12. The van der Waals surface area contributed by atoms with Gasteiger partial charge in [-0.1, -0.05) is 0 Å². The van der Waals surface area contributed by atoms with Crippen molar-refractivity contribution in [1.29, 1.82) is 0 Å². The number of alkyl halides is 1. The van der Waals surface area contributed by atoms with E-state index in [-0.39, 0.29) is 6.42 Å². The summed E-state index contributed by atoms with van der Waals surface area (Å²) in [5, 5.41) is 18.0. The fourth-order valence-corrected chi connectivity index (χ4v) is 1.29. The van der Waals surface area contributed by atoms with Crippen LogP contribution in [-0.2, 0) is 9.53 Å². The Balaban J connectivity index is 4.56. The van der Waals surface area contributed by atoms with Gasteiger partial charge in [-0.25, -0.2) is 9.18 Å². The van der Waals surface area contributed by atoms with Crippen molar-refractivity contribution in [2.75, 3.05) is 7.11 Å². The van der Waals surface area contributed by atoms with Gasteiger partial charge in [0, 0.05) is 13.5 Å². The van der Waals surface area contributed by atoms with Gasteiger partial charge >= 0.3 is 5.97 Å². The van der Waals surface area contributed by atoms with Crippen molar-refractivity contribution in [3.05, 3.63) is 0 Å². The average Bonchev–Trinajstić information content (AvgIpc) is 2.01. The predicted molar refractivity (Wildman–Crippen MR) is 48.9 cm³/mol. The monoisotopic (exact) mass is 208 g/mol. The maximum absolute atomic E-state index is 13.1. The Kier molecular flexibility index (Phi) is 4.02. The Bertz CT molecular complexity index is 213. The normalized spacial score (nSPS) is 18.7. The van der Waals surface area contributed by atoms with Crippen LogP contribution < -0.4 is 0 Å². The largest absolute Gasteiger partial charge is 0.479 e. The Morgan fingerprint density at radius 3 is 2.21 bits per heavy atom. The third-order valence-electron chi connectivity index (χ3n) is 2.10. The number of hydrogen-bond acceptors (Lipinski definition) is 3. The number of aliphatic carboxylic acids is 1. The molecule has 0 heterocycles. The van der Waals surface area contributed by atoms with E-state index < -0.39 is 23.3 Å². The molecular weight excluding hydrogens is 191 g/mol. The number of hydrogen-bond donors (Lipinski definition) is 2. The van der Waals surface area contributed by atoms with Gasteiger partial charge in [0.05, 0.1) is 5.60 Å². The smallest absolute Gasteiger partial charge is 0.341 e. The van der Waals surface area contributed by atoms with E-state index >= 15 is 0 Å². The minimum atomic E-state index is -2.31. The van der Waals surface area contributed by atoms with Gasteiger partial charge in [-0.05, 0) is 20.8 Å². The Morgan fingerprint density at radius 1 is 1.50 bits per heavy atom.